The van der Waals surface area contributed by atoms with Gasteiger partial charge in [0.2, 0.25) is 23.5 Å². The van der Waals surface area contributed by atoms with Gasteiger partial charge in [-0.05, 0) is 66.5 Å². The van der Waals surface area contributed by atoms with Crippen molar-refractivity contribution in [2.75, 3.05) is 50.5 Å². The molecule has 2 saturated heterocycles. The van der Waals surface area contributed by atoms with Gasteiger partial charge in [0.15, 0.2) is 0 Å². The van der Waals surface area contributed by atoms with Gasteiger partial charge in [-0.3, -0.25) is 4.90 Å². The molecule has 5 heterocycles. The number of nitrogens with zero attached hydrogens (tertiary/aromatic N) is 8. The van der Waals surface area contributed by atoms with E-state index in [2.05, 4.69) is 33.1 Å². The number of likely N-dealkylation sites (N-methyl/N-ethyl adjacent to an activating group) is 1. The van der Waals surface area contributed by atoms with Crippen molar-refractivity contribution in [1.29, 1.82) is 5.26 Å². The molecule has 0 unspecified atom stereocenters. The third-order valence-corrected chi connectivity index (χ3v) is 9.68. The van der Waals surface area contributed by atoms with Crippen molar-refractivity contribution in [2.24, 2.45) is 0 Å². The predicted molar refractivity (Wildman–Crippen MR) is 155 cm³/mol. The number of anilines is 2. The van der Waals surface area contributed by atoms with Crippen molar-refractivity contribution in [2.45, 2.75) is 76.0 Å². The lowest BCUT2D eigenvalue weighted by atomic mass is 9.72. The van der Waals surface area contributed by atoms with Crippen LogP contribution in [0.3, 0.4) is 0 Å². The van der Waals surface area contributed by atoms with E-state index in [9.17, 15) is 10.4 Å². The van der Waals surface area contributed by atoms with Crippen molar-refractivity contribution in [3.63, 3.8) is 0 Å². The SMILES string of the molecule is C[C@H](Oc1nc(-c2noc([C@@]3(C)CCCc4sc(N)c(C#N)c43)n2)nc(N2CCOC[C@](C)(O)C2)n1)[C@@H]1CCCN1C. The number of aliphatic hydroxyl groups is 1. The van der Waals surface area contributed by atoms with E-state index in [1.54, 1.807) is 6.92 Å². The van der Waals surface area contributed by atoms with Crippen molar-refractivity contribution in [3.8, 4) is 23.7 Å². The second-order valence-corrected chi connectivity index (χ2v) is 13.2. The molecule has 14 heteroatoms. The minimum Gasteiger partial charge on any atom is -0.459 e. The van der Waals surface area contributed by atoms with E-state index in [1.165, 1.54) is 11.3 Å². The van der Waals surface area contributed by atoms with Gasteiger partial charge in [-0.25, -0.2) is 0 Å². The molecular weight excluding hydrogens is 558 g/mol. The van der Waals surface area contributed by atoms with Crippen molar-refractivity contribution < 1.29 is 19.1 Å². The van der Waals surface area contributed by atoms with Gasteiger partial charge in [0.1, 0.15) is 22.8 Å². The van der Waals surface area contributed by atoms with Crippen LogP contribution in [0.5, 0.6) is 6.01 Å². The van der Waals surface area contributed by atoms with Crippen molar-refractivity contribution in [1.82, 2.24) is 30.0 Å². The van der Waals surface area contributed by atoms with Crippen LogP contribution in [-0.4, -0.2) is 92.7 Å². The zero-order chi connectivity index (χ0) is 29.6. The Morgan fingerprint density at radius 2 is 2.02 bits per heavy atom. The summed E-state index contributed by atoms with van der Waals surface area (Å²) in [5.74, 6) is 1.11. The largest absolute Gasteiger partial charge is 0.459 e. The molecular formula is C28H37N9O4S. The number of aryl methyl sites for hydroxylation is 1. The molecule has 1 aliphatic carbocycles. The van der Waals surface area contributed by atoms with E-state index in [-0.39, 0.29) is 43.0 Å². The summed E-state index contributed by atoms with van der Waals surface area (Å²) in [7, 11) is 2.10. The number of thiophene rings is 1. The number of ether oxygens (including phenoxy) is 2. The Hall–Kier alpha value is -3.38. The monoisotopic (exact) mass is 595 g/mol. The first kappa shape index (κ1) is 28.7. The lowest BCUT2D eigenvalue weighted by Gasteiger charge is -2.30. The first-order chi connectivity index (χ1) is 20.1. The lowest BCUT2D eigenvalue weighted by Crippen LogP contribution is -2.42. The Kier molecular flexibility index (Phi) is 7.55. The van der Waals surface area contributed by atoms with Gasteiger partial charge in [0.05, 0.1) is 30.7 Å². The first-order valence-corrected chi connectivity index (χ1v) is 15.2. The molecule has 224 valence electrons. The number of nitriles is 1. The quantitative estimate of drug-likeness (QED) is 0.426. The summed E-state index contributed by atoms with van der Waals surface area (Å²) in [6.45, 7) is 8.15. The molecule has 0 amide bonds. The fraction of sp³-hybridized carbons (Fsp3) is 0.643. The lowest BCUT2D eigenvalue weighted by molar-refractivity contribution is -0.0123. The highest BCUT2D eigenvalue weighted by atomic mass is 32.1. The van der Waals surface area contributed by atoms with Crippen LogP contribution in [0.2, 0.25) is 0 Å². The van der Waals surface area contributed by atoms with Crippen LogP contribution in [0.15, 0.2) is 4.52 Å². The smallest absolute Gasteiger partial charge is 0.322 e. The van der Waals surface area contributed by atoms with Crippen molar-refractivity contribution >= 4 is 22.3 Å². The molecule has 3 N–H and O–H groups in total. The fourth-order valence-corrected chi connectivity index (χ4v) is 7.63. The molecule has 3 aliphatic rings. The van der Waals surface area contributed by atoms with E-state index in [0.717, 1.165) is 49.1 Å². The van der Waals surface area contributed by atoms with Crippen LogP contribution in [0.25, 0.3) is 11.6 Å². The predicted octanol–water partition coefficient (Wildman–Crippen LogP) is 2.53. The van der Waals surface area contributed by atoms with Gasteiger partial charge in [-0.1, -0.05) is 5.16 Å². The highest BCUT2D eigenvalue weighted by Crippen LogP contribution is 2.48. The topological polar surface area (TPSA) is 173 Å². The highest BCUT2D eigenvalue weighted by Gasteiger charge is 2.43. The Labute approximate surface area is 248 Å². The molecule has 3 aromatic rings. The Morgan fingerprint density at radius 3 is 2.79 bits per heavy atom. The molecule has 0 spiro atoms. The second kappa shape index (κ2) is 11.0. The molecule has 13 nitrogen and oxygen atoms in total. The highest BCUT2D eigenvalue weighted by molar-refractivity contribution is 7.16. The Morgan fingerprint density at radius 1 is 1.19 bits per heavy atom. The number of likely N-dealkylation sites (tertiary alicyclic amines) is 1. The van der Waals surface area contributed by atoms with Gasteiger partial charge >= 0.3 is 6.01 Å². The van der Waals surface area contributed by atoms with Crippen LogP contribution in [-0.2, 0) is 16.6 Å². The van der Waals surface area contributed by atoms with E-state index < -0.39 is 11.0 Å². The molecule has 0 aromatic carbocycles. The van der Waals surface area contributed by atoms with E-state index in [1.807, 2.05) is 18.7 Å². The molecule has 42 heavy (non-hydrogen) atoms. The maximum atomic E-state index is 10.8. The summed E-state index contributed by atoms with van der Waals surface area (Å²) in [5, 5.41) is 25.5. The maximum absolute atomic E-state index is 10.8. The Bertz CT molecular complexity index is 1500. The third-order valence-electron chi connectivity index (χ3n) is 8.60. The average molecular weight is 596 g/mol. The van der Waals surface area contributed by atoms with Crippen LogP contribution in [0.4, 0.5) is 10.9 Å². The van der Waals surface area contributed by atoms with Crippen LogP contribution >= 0.6 is 11.3 Å². The molecule has 2 aliphatic heterocycles. The van der Waals surface area contributed by atoms with Gasteiger partial charge in [0.25, 0.3) is 0 Å². The molecule has 2 fully saturated rings. The van der Waals surface area contributed by atoms with E-state index in [0.29, 0.717) is 35.6 Å². The number of hydrogen-bond donors (Lipinski definition) is 2. The van der Waals surface area contributed by atoms with Gasteiger partial charge in [-0.2, -0.15) is 25.2 Å². The molecule has 6 rings (SSSR count). The molecule has 4 atom stereocenters. The first-order valence-electron chi connectivity index (χ1n) is 14.4. The van der Waals surface area contributed by atoms with Gasteiger partial charge in [-0.15, -0.1) is 11.3 Å². The number of rotatable bonds is 6. The summed E-state index contributed by atoms with van der Waals surface area (Å²) in [5.41, 5.74) is 5.81. The van der Waals surface area contributed by atoms with E-state index in [4.69, 9.17) is 29.7 Å². The van der Waals surface area contributed by atoms with Crippen LogP contribution < -0.4 is 15.4 Å². The molecule has 0 radical (unpaired) electrons. The fourth-order valence-electron chi connectivity index (χ4n) is 6.44. The summed E-state index contributed by atoms with van der Waals surface area (Å²) >= 11 is 1.46. The number of aromatic nitrogens is 5. The second-order valence-electron chi connectivity index (χ2n) is 12.1. The number of nitrogens with two attached hydrogens (primary N) is 1. The van der Waals surface area contributed by atoms with Gasteiger partial charge in [0, 0.05) is 23.0 Å². The van der Waals surface area contributed by atoms with Crippen molar-refractivity contribution in [3.05, 3.63) is 21.9 Å². The summed E-state index contributed by atoms with van der Waals surface area (Å²) < 4.78 is 17.8. The average Bonchev–Trinajstić information content (AvgIpc) is 3.66. The zero-order valence-corrected chi connectivity index (χ0v) is 25.3. The summed E-state index contributed by atoms with van der Waals surface area (Å²) in [6, 6.07) is 2.68. The maximum Gasteiger partial charge on any atom is 0.322 e. The number of β-amino-alcohol motifs (C(OH)–C–C–N with tert-alkyl or cyclic N) is 1. The van der Waals surface area contributed by atoms with Gasteiger partial charge < -0.3 is 29.7 Å². The van der Waals surface area contributed by atoms with E-state index >= 15 is 0 Å². The third kappa shape index (κ3) is 5.30. The molecule has 0 saturated carbocycles. The molecule has 0 bridgehead atoms. The normalized spacial score (nSPS) is 27.3. The standard InChI is InChI=1S/C28H37N9O4S/c1-16(18-7-6-10-36(18)4)40-26-33-22(32-25(34-26)37-11-12-39-15-27(2,38)14-37)23-31-24(41-35-23)28(3)9-5-8-19-20(28)17(13-29)21(30)42-19/h16,18,38H,5-12,14-15,30H2,1-4H3/t16-,18-,27+,28-/m0/s1. The number of hydrogen-bond acceptors (Lipinski definition) is 14. The zero-order valence-electron chi connectivity index (χ0n) is 24.5. The Balaban J connectivity index is 1.38. The summed E-state index contributed by atoms with van der Waals surface area (Å²) in [4.78, 5) is 24.0. The van der Waals surface area contributed by atoms with Crippen LogP contribution in [0, 0.1) is 11.3 Å². The number of fused-ring (bicyclic) bond motifs is 1. The number of nitrogen functional groups attached to an aromatic ring is 1. The minimum absolute atomic E-state index is 0.155. The van der Waals surface area contributed by atoms with Crippen LogP contribution in [0.1, 0.15) is 68.3 Å². The molecule has 3 aromatic heterocycles. The minimum atomic E-state index is -1.09. The summed E-state index contributed by atoms with van der Waals surface area (Å²) in [6.07, 6.45) is 4.48.